The third-order valence-corrected chi connectivity index (χ3v) is 5.50. The number of nitrogens with one attached hydrogen (secondary N) is 1. The number of benzene rings is 2. The average Bonchev–Trinajstić information content (AvgIpc) is 2.56. The molecule has 0 atom stereocenters. The maximum atomic E-state index is 12.3. The van der Waals surface area contributed by atoms with E-state index in [4.69, 9.17) is 4.74 Å². The largest absolute Gasteiger partial charge is 0.483 e. The first kappa shape index (κ1) is 19.0. The van der Waals surface area contributed by atoms with Crippen molar-refractivity contribution in [3.63, 3.8) is 0 Å². The van der Waals surface area contributed by atoms with Crippen LogP contribution in [0.4, 0.5) is 5.69 Å². The lowest BCUT2D eigenvalue weighted by Crippen LogP contribution is -2.26. The van der Waals surface area contributed by atoms with Gasteiger partial charge in [0, 0.05) is 14.1 Å². The zero-order valence-electron chi connectivity index (χ0n) is 14.7. The molecule has 0 aromatic heterocycles. The third kappa shape index (κ3) is 4.58. The highest BCUT2D eigenvalue weighted by molar-refractivity contribution is 7.89. The topological polar surface area (TPSA) is 75.7 Å². The van der Waals surface area contributed by atoms with Crippen molar-refractivity contribution >= 4 is 21.6 Å². The number of ether oxygens (including phenoxy) is 1. The molecule has 0 saturated carbocycles. The Hall–Kier alpha value is -2.38. The zero-order chi connectivity index (χ0) is 18.6. The van der Waals surface area contributed by atoms with Crippen molar-refractivity contribution < 1.29 is 17.9 Å². The number of para-hydroxylation sites is 1. The van der Waals surface area contributed by atoms with Gasteiger partial charge in [0.25, 0.3) is 5.91 Å². The Morgan fingerprint density at radius 3 is 2.48 bits per heavy atom. The van der Waals surface area contributed by atoms with Crippen LogP contribution in [-0.4, -0.2) is 39.3 Å². The van der Waals surface area contributed by atoms with Crippen LogP contribution < -0.4 is 10.1 Å². The number of carbonyl (C=O) groups is 1. The van der Waals surface area contributed by atoms with E-state index in [1.54, 1.807) is 18.2 Å². The molecule has 1 N–H and O–H groups in total. The minimum atomic E-state index is -3.65. The second-order valence-corrected chi connectivity index (χ2v) is 8.01. The highest BCUT2D eigenvalue weighted by Crippen LogP contribution is 2.23. The van der Waals surface area contributed by atoms with Gasteiger partial charge in [-0.2, -0.15) is 0 Å². The standard InChI is InChI=1S/C18H22N2O4S/c1-13-9-10-14(2)16(11-13)24-12-18(21)19-15-7-5-6-8-17(15)25(22,23)20(3)4/h5-11H,12H2,1-4H3,(H,19,21). The molecule has 0 bridgehead atoms. The fourth-order valence-corrected chi connectivity index (χ4v) is 3.22. The molecule has 0 heterocycles. The fraction of sp³-hybridized carbons (Fsp3) is 0.278. The molecule has 2 rings (SSSR count). The van der Waals surface area contributed by atoms with E-state index in [0.29, 0.717) is 5.75 Å². The second kappa shape index (κ2) is 7.67. The predicted octanol–water partition coefficient (Wildman–Crippen LogP) is 2.57. The van der Waals surface area contributed by atoms with Gasteiger partial charge in [-0.05, 0) is 43.2 Å². The molecule has 0 aliphatic carbocycles. The van der Waals surface area contributed by atoms with Gasteiger partial charge in [-0.25, -0.2) is 12.7 Å². The van der Waals surface area contributed by atoms with Gasteiger partial charge < -0.3 is 10.1 Å². The van der Waals surface area contributed by atoms with Crippen molar-refractivity contribution in [2.75, 3.05) is 26.0 Å². The summed E-state index contributed by atoms with van der Waals surface area (Å²) >= 11 is 0. The summed E-state index contributed by atoms with van der Waals surface area (Å²) in [5.41, 5.74) is 2.18. The van der Waals surface area contributed by atoms with Crippen LogP contribution in [0.3, 0.4) is 0 Å². The monoisotopic (exact) mass is 362 g/mol. The van der Waals surface area contributed by atoms with E-state index in [-0.39, 0.29) is 17.2 Å². The van der Waals surface area contributed by atoms with E-state index in [0.717, 1.165) is 15.4 Å². The molecule has 0 aliphatic heterocycles. The summed E-state index contributed by atoms with van der Waals surface area (Å²) in [7, 11) is -0.771. The SMILES string of the molecule is Cc1ccc(C)c(OCC(=O)Nc2ccccc2S(=O)(=O)N(C)C)c1. The number of sulfonamides is 1. The lowest BCUT2D eigenvalue weighted by atomic mass is 10.1. The van der Waals surface area contributed by atoms with Crippen molar-refractivity contribution in [2.24, 2.45) is 0 Å². The summed E-state index contributed by atoms with van der Waals surface area (Å²) in [5, 5.41) is 2.61. The first-order chi connectivity index (χ1) is 11.7. The molecule has 2 aromatic rings. The molecule has 2 aromatic carbocycles. The molecule has 7 heteroatoms. The third-order valence-electron chi connectivity index (χ3n) is 3.62. The number of amides is 1. The summed E-state index contributed by atoms with van der Waals surface area (Å²) in [6, 6.07) is 12.0. The van der Waals surface area contributed by atoms with Crippen molar-refractivity contribution in [1.82, 2.24) is 4.31 Å². The number of hydrogen-bond donors (Lipinski definition) is 1. The molecule has 0 saturated heterocycles. The minimum Gasteiger partial charge on any atom is -0.483 e. The number of nitrogens with zero attached hydrogens (tertiary/aromatic N) is 1. The van der Waals surface area contributed by atoms with Crippen LogP contribution in [0.1, 0.15) is 11.1 Å². The molecule has 0 unspecified atom stereocenters. The van der Waals surface area contributed by atoms with Crippen LogP contribution in [0, 0.1) is 13.8 Å². The van der Waals surface area contributed by atoms with E-state index in [1.807, 2.05) is 32.0 Å². The van der Waals surface area contributed by atoms with Gasteiger partial charge >= 0.3 is 0 Å². The van der Waals surface area contributed by atoms with Gasteiger partial charge in [0.05, 0.1) is 5.69 Å². The summed E-state index contributed by atoms with van der Waals surface area (Å²) < 4.78 is 31.3. The van der Waals surface area contributed by atoms with Crippen molar-refractivity contribution in [3.8, 4) is 5.75 Å². The highest BCUT2D eigenvalue weighted by Gasteiger charge is 2.21. The van der Waals surface area contributed by atoms with Crippen LogP contribution in [0.2, 0.25) is 0 Å². The molecule has 0 fully saturated rings. The first-order valence-corrected chi connectivity index (χ1v) is 9.17. The number of anilines is 1. The summed E-state index contributed by atoms with van der Waals surface area (Å²) in [5.74, 6) is 0.201. The minimum absolute atomic E-state index is 0.0417. The Morgan fingerprint density at radius 2 is 1.80 bits per heavy atom. The molecule has 134 valence electrons. The molecule has 1 amide bonds. The van der Waals surface area contributed by atoms with Crippen molar-refractivity contribution in [2.45, 2.75) is 18.7 Å². The predicted molar refractivity (Wildman–Crippen MR) is 97.4 cm³/mol. The molecule has 6 nitrogen and oxygen atoms in total. The maximum Gasteiger partial charge on any atom is 0.262 e. The van der Waals surface area contributed by atoms with E-state index >= 15 is 0 Å². The smallest absolute Gasteiger partial charge is 0.262 e. The summed E-state index contributed by atoms with van der Waals surface area (Å²) in [6.45, 7) is 3.63. The molecule has 25 heavy (non-hydrogen) atoms. The zero-order valence-corrected chi connectivity index (χ0v) is 15.6. The van der Waals surface area contributed by atoms with Crippen LogP contribution >= 0.6 is 0 Å². The Morgan fingerprint density at radius 1 is 1.12 bits per heavy atom. The van der Waals surface area contributed by atoms with E-state index in [9.17, 15) is 13.2 Å². The van der Waals surface area contributed by atoms with Gasteiger partial charge in [0.2, 0.25) is 10.0 Å². The van der Waals surface area contributed by atoms with Crippen molar-refractivity contribution in [1.29, 1.82) is 0 Å². The van der Waals surface area contributed by atoms with Crippen LogP contribution in [0.15, 0.2) is 47.4 Å². The Labute approximate surface area is 148 Å². The Kier molecular flexibility index (Phi) is 5.81. The van der Waals surface area contributed by atoms with Crippen LogP contribution in [-0.2, 0) is 14.8 Å². The normalized spacial score (nSPS) is 11.4. The first-order valence-electron chi connectivity index (χ1n) is 7.73. The van der Waals surface area contributed by atoms with E-state index < -0.39 is 15.9 Å². The molecule has 0 radical (unpaired) electrons. The summed E-state index contributed by atoms with van der Waals surface area (Å²) in [6.07, 6.45) is 0. The van der Waals surface area contributed by atoms with Crippen LogP contribution in [0.25, 0.3) is 0 Å². The van der Waals surface area contributed by atoms with Crippen LogP contribution in [0.5, 0.6) is 5.75 Å². The van der Waals surface area contributed by atoms with Gasteiger partial charge in [-0.3, -0.25) is 4.79 Å². The van der Waals surface area contributed by atoms with Crippen molar-refractivity contribution in [3.05, 3.63) is 53.6 Å². The molecular formula is C18H22N2O4S. The van der Waals surface area contributed by atoms with Gasteiger partial charge in [0.1, 0.15) is 10.6 Å². The molecular weight excluding hydrogens is 340 g/mol. The number of rotatable bonds is 6. The van der Waals surface area contributed by atoms with E-state index in [2.05, 4.69) is 5.32 Å². The van der Waals surface area contributed by atoms with E-state index in [1.165, 1.54) is 20.2 Å². The number of hydrogen-bond acceptors (Lipinski definition) is 4. The highest BCUT2D eigenvalue weighted by atomic mass is 32.2. The molecule has 0 spiro atoms. The van der Waals surface area contributed by atoms with Gasteiger partial charge in [-0.1, -0.05) is 24.3 Å². The van der Waals surface area contributed by atoms with Gasteiger partial charge in [0.15, 0.2) is 6.61 Å². The van der Waals surface area contributed by atoms with Gasteiger partial charge in [-0.15, -0.1) is 0 Å². The lowest BCUT2D eigenvalue weighted by molar-refractivity contribution is -0.118. The fourth-order valence-electron chi connectivity index (χ4n) is 2.18. The average molecular weight is 362 g/mol. The Bertz CT molecular complexity index is 876. The molecule has 0 aliphatic rings. The number of aryl methyl sites for hydroxylation is 2. The quantitative estimate of drug-likeness (QED) is 0.857. The second-order valence-electron chi connectivity index (χ2n) is 5.89. The number of carbonyl (C=O) groups excluding carboxylic acids is 1. The Balaban J connectivity index is 2.13. The lowest BCUT2D eigenvalue weighted by Gasteiger charge is -2.16. The maximum absolute atomic E-state index is 12.3. The summed E-state index contributed by atoms with van der Waals surface area (Å²) in [4.78, 5) is 12.2.